The van der Waals surface area contributed by atoms with Crippen LogP contribution in [0.1, 0.15) is 24.8 Å². The van der Waals surface area contributed by atoms with E-state index in [1.54, 1.807) is 24.3 Å². The van der Waals surface area contributed by atoms with Gasteiger partial charge in [0.15, 0.2) is 0 Å². The fraction of sp³-hybridized carbons (Fsp3) is 0.385. The Balaban J connectivity index is 1.94. The molecule has 4 nitrogen and oxygen atoms in total. The fourth-order valence-electron chi connectivity index (χ4n) is 1.73. The summed E-state index contributed by atoms with van der Waals surface area (Å²) in [6, 6.07) is 6.98. The Hall–Kier alpha value is -1.84. The Bertz CT molecular complexity index is 438. The molecule has 1 fully saturated rings. The minimum atomic E-state index is -0.869. The molecule has 1 amide bonds. The van der Waals surface area contributed by atoms with Crippen molar-refractivity contribution in [3.63, 3.8) is 0 Å². The third-order valence-corrected chi connectivity index (χ3v) is 2.74. The number of carbonyl (C=O) groups excluding carboxylic acids is 1. The largest absolute Gasteiger partial charge is 0.481 e. The summed E-state index contributed by atoms with van der Waals surface area (Å²) < 4.78 is 0. The summed E-state index contributed by atoms with van der Waals surface area (Å²) in [6.07, 6.45) is 2.84. The van der Waals surface area contributed by atoms with Crippen LogP contribution in [0, 0.1) is 5.92 Å². The Kier molecular flexibility index (Phi) is 3.42. The predicted octanol–water partition coefficient (Wildman–Crippen LogP) is 2.05. The first-order valence-corrected chi connectivity index (χ1v) is 5.74. The molecule has 1 aromatic carbocycles. The first kappa shape index (κ1) is 11.6. The number of carboxylic acid groups (broad SMARTS) is 1. The number of carbonyl (C=O) groups is 2. The van der Waals surface area contributed by atoms with Gasteiger partial charge in [-0.25, -0.2) is 0 Å². The molecule has 0 unspecified atom stereocenters. The Morgan fingerprint density at radius 1 is 1.35 bits per heavy atom. The number of aliphatic carboxylic acids is 1. The van der Waals surface area contributed by atoms with Gasteiger partial charge in [-0.15, -0.1) is 0 Å². The summed E-state index contributed by atoms with van der Waals surface area (Å²) in [5, 5.41) is 11.5. The third-order valence-electron chi connectivity index (χ3n) is 2.74. The average molecular weight is 233 g/mol. The van der Waals surface area contributed by atoms with Crippen LogP contribution in [0.15, 0.2) is 24.3 Å². The molecule has 2 rings (SSSR count). The zero-order chi connectivity index (χ0) is 12.3. The van der Waals surface area contributed by atoms with Gasteiger partial charge in [-0.2, -0.15) is 0 Å². The zero-order valence-corrected chi connectivity index (χ0v) is 9.48. The molecule has 2 N–H and O–H groups in total. The molecule has 90 valence electrons. The molecule has 0 saturated heterocycles. The summed E-state index contributed by atoms with van der Waals surface area (Å²) in [7, 11) is 0. The molecule has 1 aromatic rings. The zero-order valence-electron chi connectivity index (χ0n) is 9.48. The van der Waals surface area contributed by atoms with Crippen molar-refractivity contribution in [1.82, 2.24) is 0 Å². The molecule has 0 bridgehead atoms. The van der Waals surface area contributed by atoms with E-state index in [0.29, 0.717) is 23.6 Å². The van der Waals surface area contributed by atoms with E-state index in [-0.39, 0.29) is 12.3 Å². The van der Waals surface area contributed by atoms with Crippen LogP contribution in [0.25, 0.3) is 0 Å². The molecule has 0 radical (unpaired) electrons. The molecule has 0 heterocycles. The second kappa shape index (κ2) is 4.99. The SMILES string of the molecule is O=C(O)Cc1cccc(NC(=O)CC2CC2)c1. The molecule has 0 aromatic heterocycles. The maximum atomic E-state index is 11.6. The summed E-state index contributed by atoms with van der Waals surface area (Å²) >= 11 is 0. The van der Waals surface area contributed by atoms with E-state index in [1.165, 1.54) is 0 Å². The number of rotatable bonds is 5. The van der Waals surface area contributed by atoms with Gasteiger partial charge in [-0.1, -0.05) is 12.1 Å². The quantitative estimate of drug-likeness (QED) is 0.818. The number of anilines is 1. The second-order valence-electron chi connectivity index (χ2n) is 4.47. The second-order valence-corrected chi connectivity index (χ2v) is 4.47. The summed E-state index contributed by atoms with van der Waals surface area (Å²) in [4.78, 5) is 22.1. The fourth-order valence-corrected chi connectivity index (χ4v) is 1.73. The van der Waals surface area contributed by atoms with Gasteiger partial charge in [0, 0.05) is 12.1 Å². The van der Waals surface area contributed by atoms with Crippen LogP contribution in [0.5, 0.6) is 0 Å². The van der Waals surface area contributed by atoms with E-state index in [0.717, 1.165) is 12.8 Å². The highest BCUT2D eigenvalue weighted by Gasteiger charge is 2.24. The molecule has 4 heteroatoms. The van der Waals surface area contributed by atoms with Crippen LogP contribution in [-0.4, -0.2) is 17.0 Å². The van der Waals surface area contributed by atoms with Crippen LogP contribution in [0.3, 0.4) is 0 Å². The number of carboxylic acids is 1. The standard InChI is InChI=1S/C13H15NO3/c15-12(7-9-4-5-9)14-11-3-1-2-10(6-11)8-13(16)17/h1-3,6,9H,4-5,7-8H2,(H,14,15)(H,16,17). The van der Waals surface area contributed by atoms with Gasteiger partial charge in [-0.05, 0) is 36.5 Å². The molecular weight excluding hydrogens is 218 g/mol. The highest BCUT2D eigenvalue weighted by atomic mass is 16.4. The average Bonchev–Trinajstić information content (AvgIpc) is 3.00. The summed E-state index contributed by atoms with van der Waals surface area (Å²) in [5.41, 5.74) is 1.37. The monoisotopic (exact) mass is 233 g/mol. The van der Waals surface area contributed by atoms with Crippen LogP contribution in [-0.2, 0) is 16.0 Å². The van der Waals surface area contributed by atoms with Gasteiger partial charge in [0.1, 0.15) is 0 Å². The van der Waals surface area contributed by atoms with Crippen molar-refractivity contribution in [1.29, 1.82) is 0 Å². The van der Waals surface area contributed by atoms with E-state index in [4.69, 9.17) is 5.11 Å². The molecule has 1 aliphatic carbocycles. The first-order chi connectivity index (χ1) is 8.13. The molecule has 0 aliphatic heterocycles. The van der Waals surface area contributed by atoms with Crippen molar-refractivity contribution in [2.45, 2.75) is 25.7 Å². The van der Waals surface area contributed by atoms with Gasteiger partial charge in [0.05, 0.1) is 6.42 Å². The van der Waals surface area contributed by atoms with Crippen LogP contribution in [0.4, 0.5) is 5.69 Å². The van der Waals surface area contributed by atoms with Crippen molar-refractivity contribution >= 4 is 17.6 Å². The maximum Gasteiger partial charge on any atom is 0.307 e. The van der Waals surface area contributed by atoms with E-state index in [1.807, 2.05) is 0 Å². The highest BCUT2D eigenvalue weighted by molar-refractivity contribution is 5.91. The van der Waals surface area contributed by atoms with E-state index < -0.39 is 5.97 Å². The number of benzene rings is 1. The smallest absolute Gasteiger partial charge is 0.307 e. The van der Waals surface area contributed by atoms with E-state index >= 15 is 0 Å². The van der Waals surface area contributed by atoms with Crippen LogP contribution >= 0.6 is 0 Å². The van der Waals surface area contributed by atoms with Crippen molar-refractivity contribution < 1.29 is 14.7 Å². The van der Waals surface area contributed by atoms with Crippen molar-refractivity contribution in [2.75, 3.05) is 5.32 Å². The third kappa shape index (κ3) is 3.90. The van der Waals surface area contributed by atoms with Crippen molar-refractivity contribution in [3.8, 4) is 0 Å². The number of hydrogen-bond acceptors (Lipinski definition) is 2. The lowest BCUT2D eigenvalue weighted by molar-refractivity contribution is -0.136. The Morgan fingerprint density at radius 2 is 2.12 bits per heavy atom. The number of hydrogen-bond donors (Lipinski definition) is 2. The number of nitrogens with one attached hydrogen (secondary N) is 1. The van der Waals surface area contributed by atoms with Gasteiger partial charge >= 0.3 is 5.97 Å². The summed E-state index contributed by atoms with van der Waals surface area (Å²) in [6.45, 7) is 0. The van der Waals surface area contributed by atoms with E-state index in [2.05, 4.69) is 5.32 Å². The van der Waals surface area contributed by atoms with Gasteiger partial charge in [-0.3, -0.25) is 9.59 Å². The molecule has 1 aliphatic rings. The Morgan fingerprint density at radius 3 is 2.76 bits per heavy atom. The van der Waals surface area contributed by atoms with E-state index in [9.17, 15) is 9.59 Å². The number of amides is 1. The first-order valence-electron chi connectivity index (χ1n) is 5.74. The van der Waals surface area contributed by atoms with Gasteiger partial charge < -0.3 is 10.4 Å². The van der Waals surface area contributed by atoms with Crippen molar-refractivity contribution in [2.24, 2.45) is 5.92 Å². The predicted molar refractivity (Wildman–Crippen MR) is 63.8 cm³/mol. The minimum absolute atomic E-state index is 0.0139. The molecule has 0 atom stereocenters. The molecule has 0 spiro atoms. The van der Waals surface area contributed by atoms with Gasteiger partial charge in [0.2, 0.25) is 5.91 Å². The lowest BCUT2D eigenvalue weighted by atomic mass is 10.1. The summed E-state index contributed by atoms with van der Waals surface area (Å²) in [5.74, 6) is -0.302. The van der Waals surface area contributed by atoms with Crippen LogP contribution < -0.4 is 5.32 Å². The van der Waals surface area contributed by atoms with Gasteiger partial charge in [0.25, 0.3) is 0 Å². The minimum Gasteiger partial charge on any atom is -0.481 e. The normalized spacial score (nSPS) is 14.4. The topological polar surface area (TPSA) is 66.4 Å². The lowest BCUT2D eigenvalue weighted by Gasteiger charge is -2.06. The van der Waals surface area contributed by atoms with Crippen LogP contribution in [0.2, 0.25) is 0 Å². The Labute approximate surface area is 99.6 Å². The molecule has 17 heavy (non-hydrogen) atoms. The lowest BCUT2D eigenvalue weighted by Crippen LogP contribution is -2.12. The molecule has 1 saturated carbocycles. The maximum absolute atomic E-state index is 11.6. The highest BCUT2D eigenvalue weighted by Crippen LogP contribution is 2.32. The van der Waals surface area contributed by atoms with Crippen molar-refractivity contribution in [3.05, 3.63) is 29.8 Å². The molecular formula is C13H15NO3.